The fourth-order valence-corrected chi connectivity index (χ4v) is 4.18. The number of carbonyl (C=O) groups excluding carboxylic acids is 1. The maximum Gasteiger partial charge on any atom is 0.503 e. The number of esters is 1. The van der Waals surface area contributed by atoms with Gasteiger partial charge in [-0.05, 0) is 13.3 Å². The average molecular weight is 318 g/mol. The van der Waals surface area contributed by atoms with Crippen LogP contribution in [0.5, 0.6) is 0 Å². The lowest BCUT2D eigenvalue weighted by Crippen LogP contribution is -2.47. The Labute approximate surface area is 130 Å². The average Bonchev–Trinajstić information content (AvgIpc) is 2.49. The van der Waals surface area contributed by atoms with Crippen molar-refractivity contribution in [2.45, 2.75) is 64.7 Å². The van der Waals surface area contributed by atoms with Crippen LogP contribution in [0.1, 0.15) is 52.4 Å². The fraction of sp³-hybridized carbons (Fsp3) is 0.800. The first-order valence-electron chi connectivity index (χ1n) is 7.64. The van der Waals surface area contributed by atoms with Gasteiger partial charge in [-0.25, -0.2) is 4.79 Å². The molecule has 1 unspecified atom stereocenters. The van der Waals surface area contributed by atoms with Gasteiger partial charge in [-0.3, -0.25) is 0 Å². The Hall–Kier alpha value is -0.693. The van der Waals surface area contributed by atoms with Crippen LogP contribution < -0.4 is 0 Å². The first-order valence-corrected chi connectivity index (χ1v) is 9.58. The van der Waals surface area contributed by atoms with Crippen LogP contribution >= 0.6 is 0 Å². The maximum atomic E-state index is 11.2. The standard InChI is InChI=1S/C15H30O5Si/c1-6-8-9-10-11-12-13-21(17-4,18-5)20-14(3)19-15(16)7-2/h7,14H,2,6,8-13H2,1,3-5H3. The van der Waals surface area contributed by atoms with Crippen molar-refractivity contribution in [1.29, 1.82) is 0 Å². The smallest absolute Gasteiger partial charge is 0.434 e. The van der Waals surface area contributed by atoms with Gasteiger partial charge in [-0.15, -0.1) is 0 Å². The highest BCUT2D eigenvalue weighted by Crippen LogP contribution is 2.21. The zero-order chi connectivity index (χ0) is 16.1. The van der Waals surface area contributed by atoms with Crippen molar-refractivity contribution in [2.75, 3.05) is 14.2 Å². The summed E-state index contributed by atoms with van der Waals surface area (Å²) in [5.74, 6) is -0.517. The second kappa shape index (κ2) is 11.9. The highest BCUT2D eigenvalue weighted by Gasteiger charge is 2.40. The molecule has 0 aromatic rings. The van der Waals surface area contributed by atoms with Crippen LogP contribution in [0.3, 0.4) is 0 Å². The monoisotopic (exact) mass is 318 g/mol. The van der Waals surface area contributed by atoms with E-state index in [2.05, 4.69) is 13.5 Å². The number of hydrogen-bond donors (Lipinski definition) is 0. The summed E-state index contributed by atoms with van der Waals surface area (Å²) in [5, 5.41) is 0. The van der Waals surface area contributed by atoms with Gasteiger partial charge in [0, 0.05) is 26.3 Å². The van der Waals surface area contributed by atoms with Crippen molar-refractivity contribution >= 4 is 14.8 Å². The van der Waals surface area contributed by atoms with Crippen molar-refractivity contribution in [3.05, 3.63) is 12.7 Å². The molecule has 0 bridgehead atoms. The van der Waals surface area contributed by atoms with Crippen LogP contribution in [0.2, 0.25) is 6.04 Å². The van der Waals surface area contributed by atoms with Gasteiger partial charge in [0.25, 0.3) is 0 Å². The van der Waals surface area contributed by atoms with Crippen LogP contribution in [0.4, 0.5) is 0 Å². The molecule has 0 aliphatic rings. The molecular weight excluding hydrogens is 288 g/mol. The largest absolute Gasteiger partial charge is 0.503 e. The van der Waals surface area contributed by atoms with Gasteiger partial charge in [-0.1, -0.05) is 45.6 Å². The van der Waals surface area contributed by atoms with Crippen molar-refractivity contribution in [3.63, 3.8) is 0 Å². The number of unbranched alkanes of at least 4 members (excludes halogenated alkanes) is 5. The quantitative estimate of drug-likeness (QED) is 0.170. The molecule has 0 radical (unpaired) electrons. The van der Waals surface area contributed by atoms with Gasteiger partial charge in [0.05, 0.1) is 0 Å². The van der Waals surface area contributed by atoms with Crippen LogP contribution in [0, 0.1) is 0 Å². The van der Waals surface area contributed by atoms with E-state index in [-0.39, 0.29) is 0 Å². The second-order valence-corrected chi connectivity index (χ2v) is 7.85. The summed E-state index contributed by atoms with van der Waals surface area (Å²) in [6.07, 6.45) is 7.52. The van der Waals surface area contributed by atoms with Gasteiger partial charge in [-0.2, -0.15) is 0 Å². The van der Waals surface area contributed by atoms with Gasteiger partial charge in [0.15, 0.2) is 6.29 Å². The number of hydrogen-bond acceptors (Lipinski definition) is 5. The highest BCUT2D eigenvalue weighted by atomic mass is 28.4. The molecule has 124 valence electrons. The first-order chi connectivity index (χ1) is 10.0. The minimum absolute atomic E-state index is 0.517. The molecule has 21 heavy (non-hydrogen) atoms. The molecule has 1 atom stereocenters. The summed E-state index contributed by atoms with van der Waals surface area (Å²) in [6.45, 7) is 7.21. The van der Waals surface area contributed by atoms with E-state index in [0.29, 0.717) is 0 Å². The Morgan fingerprint density at radius 1 is 1.14 bits per heavy atom. The molecule has 6 heteroatoms. The van der Waals surface area contributed by atoms with E-state index < -0.39 is 21.1 Å². The summed E-state index contributed by atoms with van der Waals surface area (Å²) < 4.78 is 21.7. The van der Waals surface area contributed by atoms with Crippen LogP contribution in [0.25, 0.3) is 0 Å². The summed E-state index contributed by atoms with van der Waals surface area (Å²) in [7, 11) is 0.390. The van der Waals surface area contributed by atoms with Gasteiger partial charge in [0.2, 0.25) is 0 Å². The summed E-state index contributed by atoms with van der Waals surface area (Å²) in [6, 6.07) is 0.724. The highest BCUT2D eigenvalue weighted by molar-refractivity contribution is 6.60. The van der Waals surface area contributed by atoms with Crippen LogP contribution in [-0.2, 0) is 22.8 Å². The molecule has 0 N–H and O–H groups in total. The Balaban J connectivity index is 4.21. The van der Waals surface area contributed by atoms with Gasteiger partial charge >= 0.3 is 14.8 Å². The first kappa shape index (κ1) is 20.3. The molecule has 0 aliphatic carbocycles. The van der Waals surface area contributed by atoms with Crippen LogP contribution in [0.15, 0.2) is 12.7 Å². The Morgan fingerprint density at radius 2 is 1.71 bits per heavy atom. The predicted octanol–water partition coefficient (Wildman–Crippen LogP) is 3.67. The normalized spacial score (nSPS) is 13.0. The molecule has 0 heterocycles. The SMILES string of the molecule is C=CC(=O)OC(C)O[Si](CCCCCCCC)(OC)OC. The third-order valence-corrected chi connectivity index (χ3v) is 6.15. The summed E-state index contributed by atoms with van der Waals surface area (Å²) >= 11 is 0. The third-order valence-electron chi connectivity index (χ3n) is 3.25. The maximum absolute atomic E-state index is 11.2. The van der Waals surface area contributed by atoms with Crippen molar-refractivity contribution in [1.82, 2.24) is 0 Å². The summed E-state index contributed by atoms with van der Waals surface area (Å²) in [4.78, 5) is 11.2. The zero-order valence-electron chi connectivity index (χ0n) is 13.9. The van der Waals surface area contributed by atoms with Crippen molar-refractivity contribution in [3.8, 4) is 0 Å². The Bertz CT molecular complexity index is 292. The van der Waals surface area contributed by atoms with E-state index in [4.69, 9.17) is 18.0 Å². The molecule has 0 aromatic carbocycles. The lowest BCUT2D eigenvalue weighted by atomic mass is 10.1. The minimum atomic E-state index is -2.77. The molecule has 0 amide bonds. The number of ether oxygens (including phenoxy) is 1. The molecule has 0 saturated carbocycles. The molecule has 0 aromatic heterocycles. The van der Waals surface area contributed by atoms with E-state index >= 15 is 0 Å². The third kappa shape index (κ3) is 9.03. The molecule has 0 aliphatic heterocycles. The Morgan fingerprint density at radius 3 is 2.24 bits per heavy atom. The number of rotatable bonds is 13. The number of carbonyl (C=O) groups is 1. The Kier molecular flexibility index (Phi) is 11.5. The molecule has 0 fully saturated rings. The second-order valence-electron chi connectivity index (χ2n) is 4.94. The van der Waals surface area contributed by atoms with E-state index in [1.165, 1.54) is 25.7 Å². The molecule has 0 spiro atoms. The van der Waals surface area contributed by atoms with Crippen molar-refractivity contribution in [2.24, 2.45) is 0 Å². The van der Waals surface area contributed by atoms with E-state index in [0.717, 1.165) is 25.0 Å². The molecule has 0 saturated heterocycles. The lowest BCUT2D eigenvalue weighted by Gasteiger charge is -2.29. The molecule has 0 rings (SSSR count). The lowest BCUT2D eigenvalue weighted by molar-refractivity contribution is -0.160. The predicted molar refractivity (Wildman–Crippen MR) is 84.8 cm³/mol. The van der Waals surface area contributed by atoms with Gasteiger partial charge in [0.1, 0.15) is 0 Å². The van der Waals surface area contributed by atoms with E-state index in [9.17, 15) is 4.79 Å². The van der Waals surface area contributed by atoms with E-state index in [1.807, 2.05) is 0 Å². The molecule has 5 nitrogen and oxygen atoms in total. The fourth-order valence-electron chi connectivity index (χ4n) is 2.05. The van der Waals surface area contributed by atoms with E-state index in [1.54, 1.807) is 21.1 Å². The van der Waals surface area contributed by atoms with Gasteiger partial charge < -0.3 is 18.0 Å². The zero-order valence-corrected chi connectivity index (χ0v) is 14.9. The van der Waals surface area contributed by atoms with Crippen LogP contribution in [-0.4, -0.2) is 35.3 Å². The molecular formula is C15H30O5Si. The summed E-state index contributed by atoms with van der Waals surface area (Å²) in [5.41, 5.74) is 0. The minimum Gasteiger partial charge on any atom is -0.434 e. The topological polar surface area (TPSA) is 54.0 Å². The van der Waals surface area contributed by atoms with Crippen molar-refractivity contribution < 1.29 is 22.8 Å².